The van der Waals surface area contributed by atoms with Crippen molar-refractivity contribution in [2.75, 3.05) is 0 Å². The Morgan fingerprint density at radius 1 is 1.50 bits per heavy atom. The lowest BCUT2D eigenvalue weighted by molar-refractivity contribution is -0.123. The fourth-order valence-corrected chi connectivity index (χ4v) is 3.29. The van der Waals surface area contributed by atoms with Crippen LogP contribution in [0.15, 0.2) is 35.7 Å². The SMILES string of the molecule is CC(C)C1NC(=O)CC2=CN(C#N)C3NC=CC=C3C21. The lowest BCUT2D eigenvalue weighted by atomic mass is 9.73. The van der Waals surface area contributed by atoms with Gasteiger partial charge in [0.2, 0.25) is 5.91 Å². The van der Waals surface area contributed by atoms with E-state index >= 15 is 0 Å². The summed E-state index contributed by atoms with van der Waals surface area (Å²) in [6, 6.07) is 0.0883. The Bertz CT molecular complexity index is 567. The molecule has 0 saturated carbocycles. The summed E-state index contributed by atoms with van der Waals surface area (Å²) in [5, 5.41) is 15.6. The number of nitriles is 1. The van der Waals surface area contributed by atoms with E-state index in [0.717, 1.165) is 11.1 Å². The van der Waals surface area contributed by atoms with E-state index in [4.69, 9.17) is 0 Å². The topological polar surface area (TPSA) is 68.2 Å². The lowest BCUT2D eigenvalue weighted by Crippen LogP contribution is -2.56. The molecule has 5 heteroatoms. The Hall–Kier alpha value is -2.22. The molecular weight excluding hydrogens is 252 g/mol. The Kier molecular flexibility index (Phi) is 3.01. The first-order valence-corrected chi connectivity index (χ1v) is 6.92. The van der Waals surface area contributed by atoms with Gasteiger partial charge in [-0.05, 0) is 29.3 Å². The van der Waals surface area contributed by atoms with E-state index < -0.39 is 0 Å². The lowest BCUT2D eigenvalue weighted by Gasteiger charge is -2.45. The van der Waals surface area contributed by atoms with E-state index in [1.807, 2.05) is 18.5 Å². The van der Waals surface area contributed by atoms with Crippen molar-refractivity contribution in [3.05, 3.63) is 35.7 Å². The van der Waals surface area contributed by atoms with Crippen molar-refractivity contribution in [2.45, 2.75) is 32.5 Å². The monoisotopic (exact) mass is 270 g/mol. The number of allylic oxidation sites excluding steroid dienone is 2. The van der Waals surface area contributed by atoms with Gasteiger partial charge in [-0.1, -0.05) is 19.9 Å². The first kappa shape index (κ1) is 12.8. The summed E-state index contributed by atoms with van der Waals surface area (Å²) in [5.41, 5.74) is 2.19. The summed E-state index contributed by atoms with van der Waals surface area (Å²) < 4.78 is 0. The number of rotatable bonds is 1. The highest BCUT2D eigenvalue weighted by molar-refractivity contribution is 5.81. The quantitative estimate of drug-likeness (QED) is 0.702. The summed E-state index contributed by atoms with van der Waals surface area (Å²) in [6.45, 7) is 4.23. The highest BCUT2D eigenvalue weighted by atomic mass is 16.1. The predicted molar refractivity (Wildman–Crippen MR) is 74.6 cm³/mol. The van der Waals surface area contributed by atoms with Crippen molar-refractivity contribution >= 4 is 5.91 Å². The second kappa shape index (κ2) is 4.71. The molecule has 0 aromatic carbocycles. The van der Waals surface area contributed by atoms with Crippen molar-refractivity contribution in [1.29, 1.82) is 5.26 Å². The molecule has 0 aliphatic carbocycles. The maximum Gasteiger partial charge on any atom is 0.224 e. The smallest absolute Gasteiger partial charge is 0.224 e. The van der Waals surface area contributed by atoms with Crippen LogP contribution < -0.4 is 10.6 Å². The molecule has 3 atom stereocenters. The summed E-state index contributed by atoms with van der Waals surface area (Å²) in [7, 11) is 0. The molecule has 1 amide bonds. The zero-order valence-electron chi connectivity index (χ0n) is 11.6. The number of hydrogen-bond acceptors (Lipinski definition) is 4. The molecule has 3 rings (SSSR count). The molecule has 0 aromatic heterocycles. The van der Waals surface area contributed by atoms with Crippen molar-refractivity contribution in [3.63, 3.8) is 0 Å². The van der Waals surface area contributed by atoms with Crippen molar-refractivity contribution in [1.82, 2.24) is 15.5 Å². The molecule has 3 unspecified atom stereocenters. The summed E-state index contributed by atoms with van der Waals surface area (Å²) in [5.74, 6) is 0.566. The fraction of sp³-hybridized carbons (Fsp3) is 0.467. The standard InChI is InChI=1S/C15H18N4O/c1-9(2)14-13-10(6-12(20)18-14)7-19(8-16)15-11(13)4-3-5-17-15/h3-5,7,9,13-15,17H,6H2,1-2H3,(H,18,20). The molecule has 3 aliphatic heterocycles. The van der Waals surface area contributed by atoms with Crippen LogP contribution in [0.1, 0.15) is 20.3 Å². The van der Waals surface area contributed by atoms with Gasteiger partial charge in [0, 0.05) is 24.6 Å². The van der Waals surface area contributed by atoms with E-state index in [2.05, 4.69) is 36.8 Å². The van der Waals surface area contributed by atoms with Crippen LogP contribution >= 0.6 is 0 Å². The van der Waals surface area contributed by atoms with Gasteiger partial charge in [-0.2, -0.15) is 5.26 Å². The second-order valence-corrected chi connectivity index (χ2v) is 5.80. The van der Waals surface area contributed by atoms with Crippen LogP contribution in [0.25, 0.3) is 0 Å². The molecule has 0 radical (unpaired) electrons. The van der Waals surface area contributed by atoms with Crippen LogP contribution in [0, 0.1) is 23.3 Å². The minimum Gasteiger partial charge on any atom is -0.367 e. The van der Waals surface area contributed by atoms with Gasteiger partial charge in [0.05, 0.1) is 0 Å². The molecule has 1 saturated heterocycles. The van der Waals surface area contributed by atoms with Crippen LogP contribution in [0.2, 0.25) is 0 Å². The van der Waals surface area contributed by atoms with Gasteiger partial charge >= 0.3 is 0 Å². The Balaban J connectivity index is 2.08. The zero-order chi connectivity index (χ0) is 14.3. The molecular formula is C15H18N4O. The van der Waals surface area contributed by atoms with Crippen LogP contribution in [0.4, 0.5) is 0 Å². The highest BCUT2D eigenvalue weighted by Crippen LogP contribution is 2.39. The third-order valence-corrected chi connectivity index (χ3v) is 4.18. The number of dihydropyridines is 1. The van der Waals surface area contributed by atoms with E-state index in [1.54, 1.807) is 4.90 Å². The maximum atomic E-state index is 11.9. The second-order valence-electron chi connectivity index (χ2n) is 5.80. The number of hydrogen-bond donors (Lipinski definition) is 2. The molecule has 104 valence electrons. The minimum atomic E-state index is -0.130. The van der Waals surface area contributed by atoms with Gasteiger partial charge in [0.15, 0.2) is 6.19 Å². The average Bonchev–Trinajstić information content (AvgIpc) is 2.45. The molecule has 2 N–H and O–H groups in total. The van der Waals surface area contributed by atoms with E-state index in [9.17, 15) is 10.1 Å². The van der Waals surface area contributed by atoms with E-state index in [0.29, 0.717) is 12.3 Å². The molecule has 3 heterocycles. The zero-order valence-corrected chi connectivity index (χ0v) is 11.6. The van der Waals surface area contributed by atoms with Crippen LogP contribution in [-0.4, -0.2) is 23.0 Å². The van der Waals surface area contributed by atoms with Crippen molar-refractivity contribution in [3.8, 4) is 6.19 Å². The number of carbonyl (C=O) groups excluding carboxylic acids is 1. The van der Waals surface area contributed by atoms with Gasteiger partial charge in [-0.3, -0.25) is 9.69 Å². The molecule has 0 bridgehead atoms. The Labute approximate surface area is 118 Å². The first-order valence-electron chi connectivity index (χ1n) is 6.92. The highest BCUT2D eigenvalue weighted by Gasteiger charge is 2.43. The average molecular weight is 270 g/mol. The first-order chi connectivity index (χ1) is 9.61. The third kappa shape index (κ3) is 1.88. The summed E-state index contributed by atoms with van der Waals surface area (Å²) >= 11 is 0. The van der Waals surface area contributed by atoms with Crippen LogP contribution in [0.3, 0.4) is 0 Å². The number of fused-ring (bicyclic) bond motifs is 3. The molecule has 3 aliphatic rings. The van der Waals surface area contributed by atoms with Gasteiger partial charge in [-0.15, -0.1) is 0 Å². The van der Waals surface area contributed by atoms with E-state index in [-0.39, 0.29) is 24.0 Å². The number of piperidine rings is 1. The molecule has 20 heavy (non-hydrogen) atoms. The molecule has 1 fully saturated rings. The number of amides is 1. The largest absolute Gasteiger partial charge is 0.367 e. The van der Waals surface area contributed by atoms with E-state index in [1.165, 1.54) is 0 Å². The minimum absolute atomic E-state index is 0.0439. The van der Waals surface area contributed by atoms with Crippen LogP contribution in [0.5, 0.6) is 0 Å². The predicted octanol–water partition coefficient (Wildman–Crippen LogP) is 1.20. The molecule has 0 aromatic rings. The number of nitrogens with one attached hydrogen (secondary N) is 2. The van der Waals surface area contributed by atoms with Gasteiger partial charge < -0.3 is 10.6 Å². The van der Waals surface area contributed by atoms with Crippen molar-refractivity contribution in [2.24, 2.45) is 11.8 Å². The van der Waals surface area contributed by atoms with Crippen molar-refractivity contribution < 1.29 is 4.79 Å². The summed E-state index contributed by atoms with van der Waals surface area (Å²) in [4.78, 5) is 13.5. The molecule has 0 spiro atoms. The normalized spacial score (nSPS) is 31.4. The Morgan fingerprint density at radius 2 is 2.30 bits per heavy atom. The van der Waals surface area contributed by atoms with Gasteiger partial charge in [-0.25, -0.2) is 0 Å². The third-order valence-electron chi connectivity index (χ3n) is 4.18. The van der Waals surface area contributed by atoms with Gasteiger partial charge in [0.1, 0.15) is 6.17 Å². The van der Waals surface area contributed by atoms with Gasteiger partial charge in [0.25, 0.3) is 0 Å². The Morgan fingerprint density at radius 3 is 3.00 bits per heavy atom. The number of carbonyl (C=O) groups is 1. The molecule has 5 nitrogen and oxygen atoms in total. The fourth-order valence-electron chi connectivity index (χ4n) is 3.29. The maximum absolute atomic E-state index is 11.9. The number of nitrogens with zero attached hydrogens (tertiary/aromatic N) is 2. The summed E-state index contributed by atoms with van der Waals surface area (Å²) in [6.07, 6.45) is 10.1. The van der Waals surface area contributed by atoms with Crippen LogP contribution in [-0.2, 0) is 4.79 Å².